The van der Waals surface area contributed by atoms with E-state index in [4.69, 9.17) is 4.74 Å². The van der Waals surface area contributed by atoms with Crippen molar-refractivity contribution in [2.45, 2.75) is 18.9 Å². The number of aromatic nitrogens is 1. The molecule has 118 valence electrons. The number of thiazole rings is 1. The molecule has 2 aliphatic rings. The zero-order valence-electron chi connectivity index (χ0n) is 12.4. The van der Waals surface area contributed by atoms with E-state index in [1.165, 1.54) is 0 Å². The Morgan fingerprint density at radius 3 is 3.04 bits per heavy atom. The number of amides is 1. The normalized spacial score (nSPS) is 22.7. The van der Waals surface area contributed by atoms with Gasteiger partial charge in [-0.2, -0.15) is 0 Å². The van der Waals surface area contributed by atoms with Crippen LogP contribution in [0.25, 0.3) is 16.3 Å². The molecule has 2 N–H and O–H groups in total. The molecule has 7 heteroatoms. The van der Waals surface area contributed by atoms with Crippen LogP contribution in [-0.2, 0) is 9.53 Å². The average Bonchev–Trinajstić information content (AvgIpc) is 3.15. The Morgan fingerprint density at radius 2 is 2.17 bits per heavy atom. The molecule has 2 saturated heterocycles. The number of hydrogen-bond donors (Lipinski definition) is 2. The highest BCUT2D eigenvalue weighted by molar-refractivity contribution is 7.16. The Kier molecular flexibility index (Phi) is 3.80. The number of nitrogens with one attached hydrogen (secondary N) is 2. The molecule has 0 radical (unpaired) electrons. The average molecular weight is 328 g/mol. The van der Waals surface area contributed by atoms with E-state index in [0.29, 0.717) is 11.7 Å². The van der Waals surface area contributed by atoms with Crippen molar-refractivity contribution in [1.29, 1.82) is 0 Å². The first-order chi connectivity index (χ1) is 11.3. The highest BCUT2D eigenvalue weighted by Gasteiger charge is 2.23. The van der Waals surface area contributed by atoms with Crippen molar-refractivity contribution in [1.82, 2.24) is 15.6 Å². The first kappa shape index (κ1) is 14.3. The van der Waals surface area contributed by atoms with E-state index in [0.717, 1.165) is 41.8 Å². The third-order valence-electron chi connectivity index (χ3n) is 3.90. The zero-order chi connectivity index (χ0) is 15.6. The van der Waals surface area contributed by atoms with Crippen molar-refractivity contribution in [3.8, 4) is 0 Å². The minimum absolute atomic E-state index is 0.153. The number of guanidine groups is 1. The second kappa shape index (κ2) is 6.10. The molecule has 0 atom stereocenters. The van der Waals surface area contributed by atoms with Crippen LogP contribution in [0.5, 0.6) is 0 Å². The minimum atomic E-state index is -0.153. The van der Waals surface area contributed by atoms with Gasteiger partial charge in [0.1, 0.15) is 5.70 Å². The predicted octanol–water partition coefficient (Wildman–Crippen LogP) is 1.89. The molecular weight excluding hydrogens is 312 g/mol. The van der Waals surface area contributed by atoms with Crippen LogP contribution in [0.4, 0.5) is 0 Å². The maximum absolute atomic E-state index is 12.1. The third-order valence-corrected chi connectivity index (χ3v) is 4.69. The van der Waals surface area contributed by atoms with Crippen molar-refractivity contribution in [3.63, 3.8) is 0 Å². The van der Waals surface area contributed by atoms with Crippen molar-refractivity contribution < 1.29 is 9.53 Å². The van der Waals surface area contributed by atoms with Crippen molar-refractivity contribution in [3.05, 3.63) is 35.0 Å². The lowest BCUT2D eigenvalue weighted by molar-refractivity contribution is -0.115. The second-order valence-corrected chi connectivity index (χ2v) is 6.42. The van der Waals surface area contributed by atoms with E-state index in [1.54, 1.807) is 11.3 Å². The molecule has 0 spiro atoms. The van der Waals surface area contributed by atoms with Gasteiger partial charge in [0, 0.05) is 13.2 Å². The van der Waals surface area contributed by atoms with E-state index < -0.39 is 0 Å². The highest BCUT2D eigenvalue weighted by atomic mass is 32.1. The summed E-state index contributed by atoms with van der Waals surface area (Å²) in [5, 5.41) is 5.86. The fourth-order valence-corrected chi connectivity index (χ4v) is 3.41. The highest BCUT2D eigenvalue weighted by Crippen LogP contribution is 2.20. The number of aliphatic imine (C=N–C) groups is 1. The largest absolute Gasteiger partial charge is 0.381 e. The first-order valence-corrected chi connectivity index (χ1v) is 8.45. The van der Waals surface area contributed by atoms with E-state index in [2.05, 4.69) is 20.6 Å². The molecular formula is C16H16N4O2S. The summed E-state index contributed by atoms with van der Waals surface area (Å²) in [5.41, 5.74) is 4.27. The molecule has 6 nitrogen and oxygen atoms in total. The minimum Gasteiger partial charge on any atom is -0.381 e. The number of benzene rings is 1. The first-order valence-electron chi connectivity index (χ1n) is 7.57. The molecule has 0 saturated carbocycles. The van der Waals surface area contributed by atoms with Gasteiger partial charge in [0.25, 0.3) is 5.91 Å². The maximum atomic E-state index is 12.1. The van der Waals surface area contributed by atoms with E-state index in [-0.39, 0.29) is 11.9 Å². The van der Waals surface area contributed by atoms with Gasteiger partial charge < -0.3 is 10.1 Å². The van der Waals surface area contributed by atoms with E-state index >= 15 is 0 Å². The predicted molar refractivity (Wildman–Crippen MR) is 90.2 cm³/mol. The van der Waals surface area contributed by atoms with Crippen LogP contribution in [0.15, 0.2) is 34.4 Å². The van der Waals surface area contributed by atoms with E-state index in [9.17, 15) is 4.79 Å². The lowest BCUT2D eigenvalue weighted by atomic mass is 10.1. The maximum Gasteiger partial charge on any atom is 0.274 e. The van der Waals surface area contributed by atoms with Gasteiger partial charge in [0.05, 0.1) is 21.8 Å². The topological polar surface area (TPSA) is 75.6 Å². The molecule has 2 aromatic rings. The molecule has 0 bridgehead atoms. The zero-order valence-corrected chi connectivity index (χ0v) is 13.2. The number of carbonyl (C=O) groups excluding carboxylic acids is 1. The van der Waals surface area contributed by atoms with Crippen LogP contribution < -0.4 is 10.6 Å². The van der Waals surface area contributed by atoms with Gasteiger partial charge >= 0.3 is 0 Å². The van der Waals surface area contributed by atoms with Crippen LogP contribution in [0.2, 0.25) is 0 Å². The van der Waals surface area contributed by atoms with Gasteiger partial charge in [-0.3, -0.25) is 10.1 Å². The smallest absolute Gasteiger partial charge is 0.274 e. The molecule has 3 heterocycles. The van der Waals surface area contributed by atoms with Crippen LogP contribution in [-0.4, -0.2) is 36.1 Å². The quantitative estimate of drug-likeness (QED) is 0.826. The van der Waals surface area contributed by atoms with Gasteiger partial charge in [-0.1, -0.05) is 6.07 Å². The summed E-state index contributed by atoms with van der Waals surface area (Å²) in [6.07, 6.45) is 3.62. The van der Waals surface area contributed by atoms with Crippen LogP contribution in [0.3, 0.4) is 0 Å². The van der Waals surface area contributed by atoms with Crippen molar-refractivity contribution in [2.24, 2.45) is 4.99 Å². The lowest BCUT2D eigenvalue weighted by Gasteiger charge is -2.18. The molecule has 0 unspecified atom stereocenters. The monoisotopic (exact) mass is 328 g/mol. The van der Waals surface area contributed by atoms with Gasteiger partial charge in [-0.05, 0) is 36.6 Å². The molecule has 2 fully saturated rings. The Balaban J connectivity index is 1.54. The van der Waals surface area contributed by atoms with Crippen molar-refractivity contribution in [2.75, 3.05) is 13.2 Å². The second-order valence-electron chi connectivity index (χ2n) is 5.54. The molecule has 23 heavy (non-hydrogen) atoms. The number of rotatable bonds is 2. The van der Waals surface area contributed by atoms with Gasteiger partial charge in [-0.25, -0.2) is 9.98 Å². The number of carbonyl (C=O) groups is 1. The summed E-state index contributed by atoms with van der Waals surface area (Å²) in [7, 11) is 0. The van der Waals surface area contributed by atoms with E-state index in [1.807, 2.05) is 29.8 Å². The number of hydrogen-bond acceptors (Lipinski definition) is 5. The molecule has 1 aromatic heterocycles. The SMILES string of the molecule is O=C1NC(=NC2CCOCC2)N/C1=C\c1ccc2ncsc2c1. The fourth-order valence-electron chi connectivity index (χ4n) is 2.68. The number of nitrogens with zero attached hydrogens (tertiary/aromatic N) is 2. The van der Waals surface area contributed by atoms with Gasteiger partial charge in [0.15, 0.2) is 0 Å². The molecule has 1 aromatic carbocycles. The Labute approximate surface area is 137 Å². The standard InChI is InChI=1S/C16H16N4O2S/c21-15-13(7-10-1-2-12-14(8-10)23-9-17-12)19-16(20-15)18-11-3-5-22-6-4-11/h1-2,7-9,11H,3-6H2,(H2,18,19,20,21)/b13-7-. The Hall–Kier alpha value is -2.25. The van der Waals surface area contributed by atoms with Gasteiger partial charge in [0.2, 0.25) is 5.96 Å². The van der Waals surface area contributed by atoms with Crippen LogP contribution >= 0.6 is 11.3 Å². The summed E-state index contributed by atoms with van der Waals surface area (Å²) < 4.78 is 6.43. The Morgan fingerprint density at radius 1 is 1.30 bits per heavy atom. The summed E-state index contributed by atoms with van der Waals surface area (Å²) in [4.78, 5) is 20.9. The number of ether oxygens (including phenoxy) is 1. The van der Waals surface area contributed by atoms with Crippen molar-refractivity contribution >= 4 is 39.5 Å². The summed E-state index contributed by atoms with van der Waals surface area (Å²) >= 11 is 1.59. The molecule has 2 aliphatic heterocycles. The fraction of sp³-hybridized carbons (Fsp3) is 0.312. The number of fused-ring (bicyclic) bond motifs is 1. The lowest BCUT2D eigenvalue weighted by Crippen LogP contribution is -2.29. The molecule has 4 rings (SSSR count). The van der Waals surface area contributed by atoms with Gasteiger partial charge in [-0.15, -0.1) is 11.3 Å². The Bertz CT molecular complexity index is 805. The third kappa shape index (κ3) is 3.11. The summed E-state index contributed by atoms with van der Waals surface area (Å²) in [6.45, 7) is 1.46. The van der Waals surface area contributed by atoms with Crippen LogP contribution in [0, 0.1) is 0 Å². The summed E-state index contributed by atoms with van der Waals surface area (Å²) in [6, 6.07) is 6.15. The molecule has 0 aliphatic carbocycles. The molecule has 1 amide bonds. The summed E-state index contributed by atoms with van der Waals surface area (Å²) in [5.74, 6) is 0.382. The van der Waals surface area contributed by atoms with Crippen LogP contribution in [0.1, 0.15) is 18.4 Å².